The first-order chi connectivity index (χ1) is 7.20. The first-order valence-electron chi connectivity index (χ1n) is 6.23. The Morgan fingerprint density at radius 2 is 2.20 bits per heavy atom. The summed E-state index contributed by atoms with van der Waals surface area (Å²) in [6, 6.07) is 0.600. The van der Waals surface area contributed by atoms with Crippen LogP contribution >= 0.6 is 0 Å². The second-order valence-corrected chi connectivity index (χ2v) is 5.28. The van der Waals surface area contributed by atoms with E-state index in [2.05, 4.69) is 12.2 Å². The third kappa shape index (κ3) is 2.92. The van der Waals surface area contributed by atoms with Gasteiger partial charge in [-0.3, -0.25) is 0 Å². The van der Waals surface area contributed by atoms with Crippen molar-refractivity contribution in [3.63, 3.8) is 0 Å². The highest BCUT2D eigenvalue weighted by Crippen LogP contribution is 2.25. The normalized spacial score (nSPS) is 42.0. The summed E-state index contributed by atoms with van der Waals surface area (Å²) in [6.07, 6.45) is 6.06. The fraction of sp³-hybridized carbons (Fsp3) is 1.00. The molecule has 0 aromatic rings. The zero-order valence-corrected chi connectivity index (χ0v) is 9.67. The molecular weight excluding hydrogens is 190 g/mol. The summed E-state index contributed by atoms with van der Waals surface area (Å²) in [7, 11) is 0. The molecule has 0 aromatic carbocycles. The van der Waals surface area contributed by atoms with E-state index in [-0.39, 0.29) is 0 Å². The van der Waals surface area contributed by atoms with Crippen LogP contribution < -0.4 is 5.32 Å². The van der Waals surface area contributed by atoms with Crippen LogP contribution in [0.2, 0.25) is 0 Å². The minimum atomic E-state index is -0.600. The van der Waals surface area contributed by atoms with Gasteiger partial charge in [-0.15, -0.1) is 0 Å². The van der Waals surface area contributed by atoms with Crippen molar-refractivity contribution in [2.75, 3.05) is 19.8 Å². The molecule has 1 aliphatic carbocycles. The third-order valence-corrected chi connectivity index (χ3v) is 3.89. The molecule has 0 spiro atoms. The maximum absolute atomic E-state index is 10.1. The van der Waals surface area contributed by atoms with Gasteiger partial charge in [0.05, 0.1) is 6.61 Å². The van der Waals surface area contributed by atoms with Gasteiger partial charge in [0.15, 0.2) is 0 Å². The molecule has 2 N–H and O–H groups in total. The fourth-order valence-corrected chi connectivity index (χ4v) is 2.68. The van der Waals surface area contributed by atoms with Gasteiger partial charge in [0.2, 0.25) is 0 Å². The Balaban J connectivity index is 1.76. The molecule has 88 valence electrons. The summed E-state index contributed by atoms with van der Waals surface area (Å²) in [5.41, 5.74) is -0.600. The summed E-state index contributed by atoms with van der Waals surface area (Å²) in [5, 5.41) is 13.6. The molecule has 1 heterocycles. The molecule has 3 nitrogen and oxygen atoms in total. The zero-order valence-electron chi connectivity index (χ0n) is 9.67. The van der Waals surface area contributed by atoms with Crippen LogP contribution in [0.4, 0.5) is 0 Å². The smallest absolute Gasteiger partial charge is 0.102 e. The first kappa shape index (κ1) is 11.4. The summed E-state index contributed by atoms with van der Waals surface area (Å²) < 4.78 is 5.24. The van der Waals surface area contributed by atoms with Crippen molar-refractivity contribution in [3.8, 4) is 0 Å². The van der Waals surface area contributed by atoms with Crippen LogP contribution in [0, 0.1) is 5.92 Å². The highest BCUT2D eigenvalue weighted by atomic mass is 16.5. The Morgan fingerprint density at radius 1 is 1.40 bits per heavy atom. The minimum absolute atomic E-state index is 0.501. The first-order valence-corrected chi connectivity index (χ1v) is 6.23. The molecule has 1 saturated carbocycles. The Labute approximate surface area is 92.2 Å². The molecule has 3 atom stereocenters. The Bertz CT molecular complexity index is 202. The summed E-state index contributed by atoms with van der Waals surface area (Å²) in [4.78, 5) is 0. The van der Waals surface area contributed by atoms with Gasteiger partial charge < -0.3 is 15.2 Å². The van der Waals surface area contributed by atoms with Gasteiger partial charge in [-0.25, -0.2) is 0 Å². The van der Waals surface area contributed by atoms with E-state index < -0.39 is 5.60 Å². The maximum atomic E-state index is 10.1. The van der Waals surface area contributed by atoms with Gasteiger partial charge in [-0.2, -0.15) is 0 Å². The molecule has 0 bridgehead atoms. The minimum Gasteiger partial charge on any atom is -0.386 e. The predicted octanol–water partition coefficient (Wildman–Crippen LogP) is 1.31. The van der Waals surface area contributed by atoms with Gasteiger partial charge >= 0.3 is 0 Å². The monoisotopic (exact) mass is 213 g/mol. The van der Waals surface area contributed by atoms with E-state index in [1.165, 1.54) is 25.7 Å². The van der Waals surface area contributed by atoms with Crippen LogP contribution in [-0.4, -0.2) is 36.5 Å². The lowest BCUT2D eigenvalue weighted by molar-refractivity contribution is 0.0220. The second kappa shape index (κ2) is 4.81. The van der Waals surface area contributed by atoms with Crippen molar-refractivity contribution in [1.82, 2.24) is 5.32 Å². The second-order valence-electron chi connectivity index (χ2n) is 5.28. The summed E-state index contributed by atoms with van der Waals surface area (Å²) in [5.74, 6) is 0.754. The van der Waals surface area contributed by atoms with Crippen LogP contribution in [0.3, 0.4) is 0 Å². The average molecular weight is 213 g/mol. The van der Waals surface area contributed by atoms with Crippen molar-refractivity contribution in [1.29, 1.82) is 0 Å². The van der Waals surface area contributed by atoms with E-state index in [0.717, 1.165) is 12.3 Å². The number of ether oxygens (including phenoxy) is 1. The van der Waals surface area contributed by atoms with E-state index in [0.29, 0.717) is 25.8 Å². The topological polar surface area (TPSA) is 41.5 Å². The summed E-state index contributed by atoms with van der Waals surface area (Å²) in [6.45, 7) is 4.22. The van der Waals surface area contributed by atoms with Crippen molar-refractivity contribution >= 4 is 0 Å². The number of nitrogens with one attached hydrogen (secondary N) is 1. The van der Waals surface area contributed by atoms with Gasteiger partial charge in [0.25, 0.3) is 0 Å². The van der Waals surface area contributed by atoms with Crippen LogP contribution in [-0.2, 0) is 4.74 Å². The lowest BCUT2D eigenvalue weighted by atomic mass is 9.85. The Hall–Kier alpha value is -0.120. The molecule has 15 heavy (non-hydrogen) atoms. The van der Waals surface area contributed by atoms with Gasteiger partial charge in [-0.1, -0.05) is 19.8 Å². The van der Waals surface area contributed by atoms with Gasteiger partial charge in [0, 0.05) is 25.6 Å². The lowest BCUT2D eigenvalue weighted by Crippen LogP contribution is -2.47. The molecule has 2 fully saturated rings. The SMILES string of the molecule is CC1CCCCC1NCC1(O)CCOC1. The highest BCUT2D eigenvalue weighted by molar-refractivity contribution is 4.88. The molecule has 1 saturated heterocycles. The van der Waals surface area contributed by atoms with Gasteiger partial charge in [-0.05, 0) is 18.8 Å². The van der Waals surface area contributed by atoms with E-state index in [9.17, 15) is 5.11 Å². The molecule has 3 heteroatoms. The molecule has 0 aromatic heterocycles. The van der Waals surface area contributed by atoms with E-state index in [1.807, 2.05) is 0 Å². The number of aliphatic hydroxyl groups is 1. The number of hydrogen-bond donors (Lipinski definition) is 2. The molecule has 0 radical (unpaired) electrons. The lowest BCUT2D eigenvalue weighted by Gasteiger charge is -2.32. The van der Waals surface area contributed by atoms with Crippen molar-refractivity contribution in [2.24, 2.45) is 5.92 Å². The van der Waals surface area contributed by atoms with E-state index in [1.54, 1.807) is 0 Å². The summed E-state index contributed by atoms with van der Waals surface area (Å²) >= 11 is 0. The highest BCUT2D eigenvalue weighted by Gasteiger charge is 2.33. The number of rotatable bonds is 3. The third-order valence-electron chi connectivity index (χ3n) is 3.89. The van der Waals surface area contributed by atoms with Crippen molar-refractivity contribution < 1.29 is 9.84 Å². The largest absolute Gasteiger partial charge is 0.386 e. The average Bonchev–Trinajstić information content (AvgIpc) is 2.65. The molecule has 2 rings (SSSR count). The van der Waals surface area contributed by atoms with Crippen LogP contribution in [0.15, 0.2) is 0 Å². The van der Waals surface area contributed by atoms with Crippen LogP contribution in [0.5, 0.6) is 0 Å². The number of hydrogen-bond acceptors (Lipinski definition) is 3. The molecular formula is C12H23NO2. The molecule has 0 amide bonds. The van der Waals surface area contributed by atoms with Crippen molar-refractivity contribution in [2.45, 2.75) is 50.7 Å². The zero-order chi connectivity index (χ0) is 10.7. The van der Waals surface area contributed by atoms with Crippen LogP contribution in [0.25, 0.3) is 0 Å². The predicted molar refractivity (Wildman–Crippen MR) is 59.8 cm³/mol. The maximum Gasteiger partial charge on any atom is 0.102 e. The quantitative estimate of drug-likeness (QED) is 0.742. The molecule has 2 aliphatic rings. The van der Waals surface area contributed by atoms with E-state index in [4.69, 9.17) is 4.74 Å². The Kier molecular flexibility index (Phi) is 3.65. The van der Waals surface area contributed by atoms with Crippen LogP contribution in [0.1, 0.15) is 39.0 Å². The van der Waals surface area contributed by atoms with Crippen molar-refractivity contribution in [3.05, 3.63) is 0 Å². The van der Waals surface area contributed by atoms with E-state index >= 15 is 0 Å². The fourth-order valence-electron chi connectivity index (χ4n) is 2.68. The molecule has 3 unspecified atom stereocenters. The molecule has 1 aliphatic heterocycles. The Morgan fingerprint density at radius 3 is 2.87 bits per heavy atom. The van der Waals surface area contributed by atoms with Gasteiger partial charge in [0.1, 0.15) is 5.60 Å². The standard InChI is InChI=1S/C12H23NO2/c1-10-4-2-3-5-11(10)13-8-12(14)6-7-15-9-12/h10-11,13-14H,2-9H2,1H3.